The summed E-state index contributed by atoms with van der Waals surface area (Å²) in [5.74, 6) is -4.00. The molecule has 10 N–H and O–H groups in total. The predicted molar refractivity (Wildman–Crippen MR) is 141 cm³/mol. The van der Waals surface area contributed by atoms with E-state index in [-0.39, 0.29) is 12.3 Å². The first-order chi connectivity index (χ1) is 18.4. The monoisotopic (exact) mass is 552 g/mol. The number of carbonyl (C=O) groups excluding carboxylic acids is 3. The molecule has 0 aliphatic carbocycles. The van der Waals surface area contributed by atoms with Crippen molar-refractivity contribution >= 4 is 23.7 Å². The van der Waals surface area contributed by atoms with Crippen LogP contribution in [0.15, 0.2) is 43.0 Å². The van der Waals surface area contributed by atoms with Gasteiger partial charge in [0.2, 0.25) is 11.8 Å². The van der Waals surface area contributed by atoms with E-state index in [0.29, 0.717) is 12.0 Å². The van der Waals surface area contributed by atoms with Gasteiger partial charge in [0.1, 0.15) is 18.2 Å². The van der Waals surface area contributed by atoms with Crippen molar-refractivity contribution in [2.45, 2.75) is 75.6 Å². The Morgan fingerprint density at radius 3 is 2.10 bits per heavy atom. The van der Waals surface area contributed by atoms with Crippen molar-refractivity contribution in [1.29, 1.82) is 0 Å². The summed E-state index contributed by atoms with van der Waals surface area (Å²) in [6, 6.07) is 3.42. The number of hydrogen-bond donors (Lipinski definition) is 9. The van der Waals surface area contributed by atoms with E-state index < -0.39 is 79.2 Å². The first-order valence-electron chi connectivity index (χ1n) is 12.6. The third-order valence-corrected chi connectivity index (χ3v) is 6.37. The minimum atomic E-state index is -2.25. The van der Waals surface area contributed by atoms with Gasteiger partial charge in [-0.2, -0.15) is 0 Å². The molecule has 0 heterocycles. The second-order valence-electron chi connectivity index (χ2n) is 9.29. The molecule has 218 valence electrons. The van der Waals surface area contributed by atoms with Gasteiger partial charge in [0.05, 0.1) is 31.2 Å². The van der Waals surface area contributed by atoms with E-state index in [1.807, 2.05) is 6.92 Å². The summed E-state index contributed by atoms with van der Waals surface area (Å²) >= 11 is 0. The summed E-state index contributed by atoms with van der Waals surface area (Å²) in [5.41, 5.74) is 6.34. The minimum absolute atomic E-state index is 0.0168. The zero-order valence-electron chi connectivity index (χ0n) is 22.1. The van der Waals surface area contributed by atoms with Gasteiger partial charge < -0.3 is 47.2 Å². The largest absolute Gasteiger partial charge is 0.481 e. The summed E-state index contributed by atoms with van der Waals surface area (Å²) in [6.45, 7) is 6.27. The summed E-state index contributed by atoms with van der Waals surface area (Å²) in [4.78, 5) is 49.1. The van der Waals surface area contributed by atoms with Gasteiger partial charge in [-0.25, -0.2) is 0 Å². The van der Waals surface area contributed by atoms with Crippen LogP contribution >= 0.6 is 0 Å². The second-order valence-corrected chi connectivity index (χ2v) is 9.29. The Bertz CT molecular complexity index is 962. The third-order valence-electron chi connectivity index (χ3n) is 6.37. The van der Waals surface area contributed by atoms with E-state index >= 15 is 0 Å². The first-order valence-corrected chi connectivity index (χ1v) is 12.6. The fourth-order valence-electron chi connectivity index (χ4n) is 3.65. The number of nitrogens with two attached hydrogens (primary N) is 1. The van der Waals surface area contributed by atoms with Crippen LogP contribution in [0.25, 0.3) is 0 Å². The fraction of sp³-hybridized carbons (Fsp3) is 0.538. The zero-order chi connectivity index (χ0) is 29.7. The highest BCUT2D eigenvalue weighted by atomic mass is 16.4. The van der Waals surface area contributed by atoms with Gasteiger partial charge in [-0.1, -0.05) is 56.7 Å². The molecule has 0 aliphatic heterocycles. The summed E-state index contributed by atoms with van der Waals surface area (Å²) in [6.07, 6.45) is -5.01. The van der Waals surface area contributed by atoms with Crippen LogP contribution in [0.3, 0.4) is 0 Å². The number of aliphatic hydroxyl groups is 4. The van der Waals surface area contributed by atoms with Gasteiger partial charge >= 0.3 is 5.97 Å². The third kappa shape index (κ3) is 10.4. The molecule has 0 spiro atoms. The van der Waals surface area contributed by atoms with Crippen molar-refractivity contribution in [1.82, 2.24) is 16.0 Å². The summed E-state index contributed by atoms with van der Waals surface area (Å²) in [5, 5.41) is 57.4. The smallest absolute Gasteiger partial charge is 0.305 e. The second kappa shape index (κ2) is 16.6. The molecule has 0 bridgehead atoms. The number of hydrogen-bond acceptors (Lipinski definition) is 9. The van der Waals surface area contributed by atoms with Crippen LogP contribution in [0.2, 0.25) is 0 Å². The molecule has 1 unspecified atom stereocenters. The Morgan fingerprint density at radius 2 is 1.59 bits per heavy atom. The lowest BCUT2D eigenvalue weighted by Crippen LogP contribution is -2.60. The number of aliphatic carboxylic acids is 1. The highest BCUT2D eigenvalue weighted by molar-refractivity contribution is 5.90. The Morgan fingerprint density at radius 1 is 0.974 bits per heavy atom. The maximum absolute atomic E-state index is 12.8. The molecule has 0 fully saturated rings. The molecule has 0 radical (unpaired) electrons. The van der Waals surface area contributed by atoms with Gasteiger partial charge in [-0.3, -0.25) is 19.2 Å². The summed E-state index contributed by atoms with van der Waals surface area (Å²) < 4.78 is 0. The molecule has 0 saturated heterocycles. The normalized spacial score (nSPS) is 17.3. The average Bonchev–Trinajstić information content (AvgIpc) is 2.93. The first kappa shape index (κ1) is 33.7. The molecule has 1 aromatic carbocycles. The Kier molecular flexibility index (Phi) is 14.3. The molecule has 39 heavy (non-hydrogen) atoms. The number of carbonyl (C=O) groups is 4. The fourth-order valence-corrected chi connectivity index (χ4v) is 3.65. The number of amides is 3. The lowest BCUT2D eigenvalue weighted by molar-refractivity contribution is -0.145. The lowest BCUT2D eigenvalue weighted by Gasteiger charge is -2.30. The predicted octanol–water partition coefficient (Wildman–Crippen LogP) is -1.69. The van der Waals surface area contributed by atoms with Gasteiger partial charge in [0.15, 0.2) is 6.10 Å². The van der Waals surface area contributed by atoms with Crippen LogP contribution in [0.4, 0.5) is 0 Å². The van der Waals surface area contributed by atoms with E-state index in [4.69, 9.17) is 5.73 Å². The number of nitrogens with one attached hydrogen (secondary N) is 3. The number of benzene rings is 1. The summed E-state index contributed by atoms with van der Waals surface area (Å²) in [7, 11) is 0. The van der Waals surface area contributed by atoms with Crippen LogP contribution in [-0.4, -0.2) is 92.3 Å². The molecule has 3 amide bonds. The zero-order valence-corrected chi connectivity index (χ0v) is 22.1. The van der Waals surface area contributed by atoms with Crippen molar-refractivity contribution in [3.63, 3.8) is 0 Å². The number of aliphatic hydroxyl groups excluding tert-OH is 4. The highest BCUT2D eigenvalue weighted by Crippen LogP contribution is 2.17. The molecule has 0 aliphatic rings. The van der Waals surface area contributed by atoms with Crippen LogP contribution in [0, 0.1) is 5.92 Å². The Labute approximate surface area is 227 Å². The molecule has 0 aromatic heterocycles. The molecule has 0 saturated carbocycles. The van der Waals surface area contributed by atoms with Crippen molar-refractivity contribution in [3.8, 4) is 0 Å². The number of carboxylic acids is 1. The molecule has 13 heteroatoms. The van der Waals surface area contributed by atoms with Crippen molar-refractivity contribution < 1.29 is 44.7 Å². The van der Waals surface area contributed by atoms with Crippen LogP contribution in [-0.2, 0) is 19.2 Å². The minimum Gasteiger partial charge on any atom is -0.481 e. The molecular weight excluding hydrogens is 512 g/mol. The SMILES string of the molecule is C=CC[C@H](NC(=O)[C@@H](N)C(C)CC)C(=O)N[C@@H](CO)[C@@H](O)[C@@H](O)[C@H](O)C(=O)N[C@@H](CC(=O)O)c1ccccc1. The lowest BCUT2D eigenvalue weighted by atomic mass is 9.98. The van der Waals surface area contributed by atoms with Gasteiger partial charge in [-0.15, -0.1) is 6.58 Å². The molecule has 8 atom stereocenters. The highest BCUT2D eigenvalue weighted by Gasteiger charge is 2.37. The molecule has 13 nitrogen and oxygen atoms in total. The maximum Gasteiger partial charge on any atom is 0.305 e. The van der Waals surface area contributed by atoms with E-state index in [2.05, 4.69) is 22.5 Å². The molecule has 1 aromatic rings. The topological polar surface area (TPSA) is 232 Å². The quantitative estimate of drug-likeness (QED) is 0.0995. The van der Waals surface area contributed by atoms with Crippen molar-refractivity contribution in [3.05, 3.63) is 48.6 Å². The van der Waals surface area contributed by atoms with E-state index in [1.165, 1.54) is 6.08 Å². The van der Waals surface area contributed by atoms with E-state index in [9.17, 15) is 44.7 Å². The molecule has 1 rings (SSSR count). The van der Waals surface area contributed by atoms with Crippen LogP contribution in [0.5, 0.6) is 0 Å². The van der Waals surface area contributed by atoms with E-state index in [1.54, 1.807) is 37.3 Å². The van der Waals surface area contributed by atoms with Gasteiger partial charge in [0, 0.05) is 0 Å². The maximum atomic E-state index is 12.8. The van der Waals surface area contributed by atoms with Gasteiger partial charge in [0.25, 0.3) is 5.91 Å². The van der Waals surface area contributed by atoms with Crippen molar-refractivity contribution in [2.24, 2.45) is 11.7 Å². The standard InChI is InChI=1S/C26H40N4O9/c1-4-9-16(28-25(38)20(27)14(3)5-2)24(37)30-18(13-31)21(34)22(35)23(36)26(39)29-17(12-19(32)33)15-10-7-6-8-11-15/h4,6-8,10-11,14,16-18,20-23,31,34-36H,1,5,9,12-13,27H2,2-3H3,(H,28,38)(H,29,39)(H,30,37)(H,32,33)/t14?,16-,17-,18-,20-,21+,22+,23-/m0/s1. The number of rotatable bonds is 17. The van der Waals surface area contributed by atoms with Crippen LogP contribution in [0.1, 0.15) is 44.7 Å². The van der Waals surface area contributed by atoms with Crippen LogP contribution < -0.4 is 21.7 Å². The Balaban J connectivity index is 2.92. The molecular formula is C26H40N4O9. The Hall–Kier alpha value is -3.36. The van der Waals surface area contributed by atoms with Gasteiger partial charge in [-0.05, 0) is 17.9 Å². The number of carboxylic acid groups (broad SMARTS) is 1. The van der Waals surface area contributed by atoms with Crippen molar-refractivity contribution in [2.75, 3.05) is 6.61 Å². The average molecular weight is 553 g/mol. The van der Waals surface area contributed by atoms with E-state index in [0.717, 1.165) is 0 Å².